The number of nitrogens with zero attached hydrogens (tertiary/aromatic N) is 1. The SMILES string of the molecule is CCCCNC(=O)CNC(=O)[C@@H](N=Cc1cc(OC)ccc1O)[C@@H](C)OC(C)(C)C. The first-order valence-corrected chi connectivity index (χ1v) is 10.2. The number of phenolic OH excluding ortho intramolecular Hbond substituents is 1. The molecule has 0 heterocycles. The van der Waals surface area contributed by atoms with Crippen LogP contribution in [-0.4, -0.2) is 61.1 Å². The summed E-state index contributed by atoms with van der Waals surface area (Å²) in [6, 6.07) is 3.83. The molecule has 0 fully saturated rings. The molecule has 0 spiro atoms. The number of phenols is 1. The van der Waals surface area contributed by atoms with E-state index in [-0.39, 0.29) is 18.2 Å². The lowest BCUT2D eigenvalue weighted by Gasteiger charge is -2.28. The number of methoxy groups -OCH3 is 1. The first kappa shape index (κ1) is 25.4. The predicted molar refractivity (Wildman–Crippen MR) is 117 cm³/mol. The summed E-state index contributed by atoms with van der Waals surface area (Å²) < 4.78 is 11.1. The molecule has 0 aliphatic carbocycles. The van der Waals surface area contributed by atoms with Crippen molar-refractivity contribution in [2.45, 2.75) is 65.2 Å². The molecule has 2 amide bonds. The largest absolute Gasteiger partial charge is 0.507 e. The molecule has 1 rings (SSSR count). The number of rotatable bonds is 11. The molecular weight excluding hydrogens is 386 g/mol. The van der Waals surface area contributed by atoms with Crippen LogP contribution < -0.4 is 15.4 Å². The summed E-state index contributed by atoms with van der Waals surface area (Å²) in [5.41, 5.74) is -0.0734. The molecule has 0 saturated carbocycles. The molecule has 0 aliphatic heterocycles. The van der Waals surface area contributed by atoms with E-state index < -0.39 is 23.7 Å². The highest BCUT2D eigenvalue weighted by atomic mass is 16.5. The second-order valence-corrected chi connectivity index (χ2v) is 8.00. The molecule has 3 N–H and O–H groups in total. The third-order valence-corrected chi connectivity index (χ3v) is 4.14. The highest BCUT2D eigenvalue weighted by Crippen LogP contribution is 2.22. The first-order valence-electron chi connectivity index (χ1n) is 10.2. The number of hydrogen-bond acceptors (Lipinski definition) is 6. The summed E-state index contributed by atoms with van der Waals surface area (Å²) in [5.74, 6) is -0.123. The summed E-state index contributed by atoms with van der Waals surface area (Å²) in [6.45, 7) is 9.88. The van der Waals surface area contributed by atoms with Crippen LogP contribution in [0.15, 0.2) is 23.2 Å². The van der Waals surface area contributed by atoms with Gasteiger partial charge in [0.05, 0.1) is 25.4 Å². The van der Waals surface area contributed by atoms with Crippen molar-refractivity contribution in [2.75, 3.05) is 20.2 Å². The van der Waals surface area contributed by atoms with Crippen LogP contribution in [0.25, 0.3) is 0 Å². The maximum absolute atomic E-state index is 12.8. The van der Waals surface area contributed by atoms with Gasteiger partial charge >= 0.3 is 0 Å². The first-order chi connectivity index (χ1) is 14.1. The summed E-state index contributed by atoms with van der Waals surface area (Å²) in [5, 5.41) is 15.4. The van der Waals surface area contributed by atoms with Gasteiger partial charge in [0.1, 0.15) is 11.5 Å². The monoisotopic (exact) mass is 421 g/mol. The number of aromatic hydroxyl groups is 1. The number of unbranched alkanes of at least 4 members (excludes halogenated alkanes) is 1. The van der Waals surface area contributed by atoms with Gasteiger partial charge in [-0.05, 0) is 52.3 Å². The topological polar surface area (TPSA) is 109 Å². The van der Waals surface area contributed by atoms with Gasteiger partial charge in [0.2, 0.25) is 11.8 Å². The van der Waals surface area contributed by atoms with Gasteiger partial charge in [-0.3, -0.25) is 14.6 Å². The third-order valence-electron chi connectivity index (χ3n) is 4.14. The highest BCUT2D eigenvalue weighted by Gasteiger charge is 2.28. The Hall–Kier alpha value is -2.61. The Bertz CT molecular complexity index is 728. The van der Waals surface area contributed by atoms with Crippen LogP contribution in [0.3, 0.4) is 0 Å². The van der Waals surface area contributed by atoms with Gasteiger partial charge in [-0.25, -0.2) is 0 Å². The molecule has 8 nitrogen and oxygen atoms in total. The van der Waals surface area contributed by atoms with Crippen LogP contribution in [0.2, 0.25) is 0 Å². The van der Waals surface area contributed by atoms with Gasteiger partial charge in [0.15, 0.2) is 6.04 Å². The van der Waals surface area contributed by atoms with E-state index in [0.29, 0.717) is 17.9 Å². The van der Waals surface area contributed by atoms with E-state index in [4.69, 9.17) is 9.47 Å². The van der Waals surface area contributed by atoms with E-state index in [1.807, 2.05) is 27.7 Å². The number of benzene rings is 1. The van der Waals surface area contributed by atoms with E-state index in [9.17, 15) is 14.7 Å². The van der Waals surface area contributed by atoms with Gasteiger partial charge in [-0.2, -0.15) is 0 Å². The number of carbonyl (C=O) groups excluding carboxylic acids is 2. The molecule has 1 aromatic carbocycles. The number of nitrogens with one attached hydrogen (secondary N) is 2. The van der Waals surface area contributed by atoms with Crippen LogP contribution in [-0.2, 0) is 14.3 Å². The van der Waals surface area contributed by atoms with Crippen LogP contribution in [0, 0.1) is 0 Å². The molecule has 0 bridgehead atoms. The molecule has 8 heteroatoms. The lowest BCUT2D eigenvalue weighted by Crippen LogP contribution is -2.46. The Kier molecular flexibility index (Phi) is 10.3. The molecular formula is C22H35N3O5. The van der Waals surface area contributed by atoms with E-state index in [0.717, 1.165) is 12.8 Å². The van der Waals surface area contributed by atoms with Crippen LogP contribution in [0.4, 0.5) is 0 Å². The van der Waals surface area contributed by atoms with Crippen LogP contribution in [0.5, 0.6) is 11.5 Å². The van der Waals surface area contributed by atoms with Crippen LogP contribution in [0.1, 0.15) is 53.0 Å². The molecule has 0 aromatic heterocycles. The Balaban J connectivity index is 2.94. The Labute approximate surface area is 179 Å². The van der Waals surface area contributed by atoms with Crippen molar-refractivity contribution < 1.29 is 24.2 Å². The van der Waals surface area contributed by atoms with Crippen molar-refractivity contribution in [1.29, 1.82) is 0 Å². The standard InChI is InChI=1S/C22H35N3O5/c1-7-8-11-23-19(27)14-25-21(28)20(15(2)30-22(3,4)5)24-13-16-12-17(29-6)9-10-18(16)26/h9-10,12-13,15,20,26H,7-8,11,14H2,1-6H3,(H,23,27)(H,25,28)/t15-,20+/m1/s1. The van der Waals surface area contributed by atoms with Gasteiger partial charge < -0.3 is 25.2 Å². The molecule has 0 radical (unpaired) electrons. The van der Waals surface area contributed by atoms with Crippen LogP contribution >= 0.6 is 0 Å². The Morgan fingerprint density at radius 1 is 1.27 bits per heavy atom. The maximum atomic E-state index is 12.8. The lowest BCUT2D eigenvalue weighted by atomic mass is 10.1. The molecule has 30 heavy (non-hydrogen) atoms. The minimum absolute atomic E-state index is 0.0124. The zero-order chi connectivity index (χ0) is 22.7. The number of carbonyl (C=O) groups is 2. The molecule has 1 aromatic rings. The number of amides is 2. The second kappa shape index (κ2) is 12.2. The quantitative estimate of drug-likeness (QED) is 0.376. The fourth-order valence-corrected chi connectivity index (χ4v) is 2.69. The van der Waals surface area contributed by atoms with Crippen molar-refractivity contribution in [1.82, 2.24) is 10.6 Å². The van der Waals surface area contributed by atoms with E-state index in [1.54, 1.807) is 19.1 Å². The Morgan fingerprint density at radius 3 is 2.57 bits per heavy atom. The minimum Gasteiger partial charge on any atom is -0.507 e. The number of aliphatic imine (C=N–C) groups is 1. The van der Waals surface area contributed by atoms with Gasteiger partial charge in [0.25, 0.3) is 0 Å². The zero-order valence-corrected chi connectivity index (χ0v) is 18.8. The van der Waals surface area contributed by atoms with Gasteiger partial charge in [0, 0.05) is 18.3 Å². The van der Waals surface area contributed by atoms with Crippen molar-refractivity contribution in [2.24, 2.45) is 4.99 Å². The lowest BCUT2D eigenvalue weighted by molar-refractivity contribution is -0.131. The maximum Gasteiger partial charge on any atom is 0.247 e. The number of ether oxygens (including phenoxy) is 2. The van der Waals surface area contributed by atoms with E-state index in [2.05, 4.69) is 15.6 Å². The van der Waals surface area contributed by atoms with Crippen molar-refractivity contribution in [3.63, 3.8) is 0 Å². The smallest absolute Gasteiger partial charge is 0.247 e. The van der Waals surface area contributed by atoms with Gasteiger partial charge in [-0.15, -0.1) is 0 Å². The van der Waals surface area contributed by atoms with Crippen molar-refractivity contribution in [3.05, 3.63) is 23.8 Å². The molecule has 0 saturated heterocycles. The fraction of sp³-hybridized carbons (Fsp3) is 0.591. The fourth-order valence-electron chi connectivity index (χ4n) is 2.69. The average molecular weight is 422 g/mol. The van der Waals surface area contributed by atoms with Crippen molar-refractivity contribution >= 4 is 18.0 Å². The third kappa shape index (κ3) is 9.26. The molecule has 0 unspecified atom stereocenters. The summed E-state index contributed by atoms with van der Waals surface area (Å²) in [7, 11) is 1.52. The molecule has 2 atom stereocenters. The minimum atomic E-state index is -0.904. The summed E-state index contributed by atoms with van der Waals surface area (Å²) in [6.07, 6.45) is 2.71. The van der Waals surface area contributed by atoms with Crippen molar-refractivity contribution in [3.8, 4) is 11.5 Å². The van der Waals surface area contributed by atoms with E-state index >= 15 is 0 Å². The number of hydrogen-bond donors (Lipinski definition) is 3. The summed E-state index contributed by atoms with van der Waals surface area (Å²) in [4.78, 5) is 29.0. The predicted octanol–water partition coefficient (Wildman–Crippen LogP) is 2.42. The zero-order valence-electron chi connectivity index (χ0n) is 18.8. The van der Waals surface area contributed by atoms with E-state index in [1.165, 1.54) is 19.4 Å². The summed E-state index contributed by atoms with van der Waals surface area (Å²) >= 11 is 0. The molecule has 0 aliphatic rings. The Morgan fingerprint density at radius 2 is 1.97 bits per heavy atom. The average Bonchev–Trinajstić information content (AvgIpc) is 2.66. The molecule has 168 valence electrons. The van der Waals surface area contributed by atoms with Gasteiger partial charge in [-0.1, -0.05) is 13.3 Å². The normalized spacial score (nSPS) is 13.7. The highest BCUT2D eigenvalue weighted by molar-refractivity contribution is 5.91. The second-order valence-electron chi connectivity index (χ2n) is 8.00.